The lowest BCUT2D eigenvalue weighted by Crippen LogP contribution is -1.98. The number of carbonyl (C=O) groups is 2. The van der Waals surface area contributed by atoms with Gasteiger partial charge in [-0.1, -0.05) is 15.9 Å². The van der Waals surface area contributed by atoms with Crippen LogP contribution in [0.4, 0.5) is 0 Å². The number of carboxylic acid groups (broad SMARTS) is 1. The molecule has 0 fully saturated rings. The number of carbonyl (C=O) groups excluding carboxylic acids is 1. The molecule has 82 valence electrons. The van der Waals surface area contributed by atoms with Gasteiger partial charge in [0.15, 0.2) is 11.4 Å². The van der Waals surface area contributed by atoms with E-state index in [4.69, 9.17) is 9.52 Å². The second-order valence-electron chi connectivity index (χ2n) is 3.06. The third kappa shape index (κ3) is 1.83. The van der Waals surface area contributed by atoms with E-state index in [1.807, 2.05) is 0 Å². The maximum Gasteiger partial charge on any atom is 0.392 e. The molecule has 0 atom stereocenters. The Bertz CT molecular complexity index is 575. The van der Waals surface area contributed by atoms with Crippen molar-refractivity contribution in [3.8, 4) is 0 Å². The second-order valence-corrected chi connectivity index (χ2v) is 3.62. The zero-order valence-corrected chi connectivity index (χ0v) is 9.52. The summed E-state index contributed by atoms with van der Waals surface area (Å²) < 4.78 is 4.99. The number of aromatic carboxylic acids is 1. The number of nitrogens with zero attached hydrogens (tertiary/aromatic N) is 1. The van der Waals surface area contributed by atoms with Crippen LogP contribution in [0.1, 0.15) is 21.0 Å². The number of aromatic nitrogens is 1. The van der Waals surface area contributed by atoms with Crippen molar-refractivity contribution in [2.75, 3.05) is 5.33 Å². The monoisotopic (exact) mass is 283 g/mol. The lowest BCUT2D eigenvalue weighted by atomic mass is 10.1. The molecule has 0 saturated carbocycles. The Labute approximate surface area is 98.2 Å². The fraction of sp³-hybridized carbons (Fsp3) is 0.100. The molecule has 5 nitrogen and oxygen atoms in total. The lowest BCUT2D eigenvalue weighted by Gasteiger charge is -1.94. The van der Waals surface area contributed by atoms with Crippen molar-refractivity contribution in [3.63, 3.8) is 0 Å². The molecule has 0 unspecified atom stereocenters. The summed E-state index contributed by atoms with van der Waals surface area (Å²) in [7, 11) is 0. The molecule has 16 heavy (non-hydrogen) atoms. The number of hydrogen-bond acceptors (Lipinski definition) is 4. The summed E-state index contributed by atoms with van der Waals surface area (Å²) in [6, 6.07) is 4.62. The summed E-state index contributed by atoms with van der Waals surface area (Å²) in [6.45, 7) is 0. The average Bonchev–Trinajstić information content (AvgIpc) is 2.70. The van der Waals surface area contributed by atoms with E-state index in [1.165, 1.54) is 6.07 Å². The first-order valence-electron chi connectivity index (χ1n) is 4.35. The minimum Gasteiger partial charge on any atom is -0.474 e. The van der Waals surface area contributed by atoms with Gasteiger partial charge in [-0.3, -0.25) is 4.79 Å². The van der Waals surface area contributed by atoms with E-state index in [0.29, 0.717) is 16.7 Å². The molecule has 0 bridgehead atoms. The first-order valence-corrected chi connectivity index (χ1v) is 5.47. The lowest BCUT2D eigenvalue weighted by molar-refractivity contribution is 0.0656. The van der Waals surface area contributed by atoms with Gasteiger partial charge in [0.1, 0.15) is 5.52 Å². The smallest absolute Gasteiger partial charge is 0.392 e. The summed E-state index contributed by atoms with van der Waals surface area (Å²) in [4.78, 5) is 25.7. The predicted octanol–water partition coefficient (Wildman–Crippen LogP) is 2.10. The van der Waals surface area contributed by atoms with Crippen LogP contribution in [0.2, 0.25) is 0 Å². The van der Waals surface area contributed by atoms with Crippen molar-refractivity contribution in [2.24, 2.45) is 0 Å². The molecule has 1 heterocycles. The van der Waals surface area contributed by atoms with Crippen molar-refractivity contribution in [1.82, 2.24) is 4.98 Å². The quantitative estimate of drug-likeness (QED) is 0.689. The maximum absolute atomic E-state index is 11.4. The van der Waals surface area contributed by atoms with E-state index in [0.717, 1.165) is 0 Å². The summed E-state index contributed by atoms with van der Waals surface area (Å²) in [6.07, 6.45) is 0. The number of ketones is 1. The molecule has 0 aliphatic rings. The van der Waals surface area contributed by atoms with Gasteiger partial charge in [0.2, 0.25) is 0 Å². The summed E-state index contributed by atoms with van der Waals surface area (Å²) >= 11 is 3.05. The molecule has 0 amide bonds. The average molecular weight is 284 g/mol. The Hall–Kier alpha value is -1.69. The second kappa shape index (κ2) is 4.05. The van der Waals surface area contributed by atoms with E-state index in [1.54, 1.807) is 12.1 Å². The van der Waals surface area contributed by atoms with Gasteiger partial charge in [0, 0.05) is 5.56 Å². The first kappa shape index (κ1) is 10.8. The highest BCUT2D eigenvalue weighted by molar-refractivity contribution is 9.09. The van der Waals surface area contributed by atoms with Crippen LogP contribution in [-0.4, -0.2) is 27.2 Å². The van der Waals surface area contributed by atoms with Crippen LogP contribution in [0, 0.1) is 0 Å². The highest BCUT2D eigenvalue weighted by atomic mass is 79.9. The van der Waals surface area contributed by atoms with Crippen molar-refractivity contribution >= 4 is 38.8 Å². The van der Waals surface area contributed by atoms with Gasteiger partial charge in [0.05, 0.1) is 5.33 Å². The van der Waals surface area contributed by atoms with Crippen LogP contribution < -0.4 is 0 Å². The highest BCUT2D eigenvalue weighted by Gasteiger charge is 2.14. The molecule has 0 aliphatic carbocycles. The first-order chi connectivity index (χ1) is 7.61. The van der Waals surface area contributed by atoms with Gasteiger partial charge in [-0.05, 0) is 18.2 Å². The third-order valence-corrected chi connectivity index (χ3v) is 2.52. The van der Waals surface area contributed by atoms with E-state index < -0.39 is 5.97 Å². The van der Waals surface area contributed by atoms with Gasteiger partial charge >= 0.3 is 11.9 Å². The standard InChI is InChI=1S/C10H6BrNO4/c11-4-7(13)5-1-2-6-8(3-5)16-9(12-6)10(14)15/h1-3H,4H2,(H,14,15). The topological polar surface area (TPSA) is 80.4 Å². The van der Waals surface area contributed by atoms with Crippen molar-refractivity contribution in [2.45, 2.75) is 0 Å². The third-order valence-electron chi connectivity index (χ3n) is 2.01. The van der Waals surface area contributed by atoms with Crippen LogP contribution >= 0.6 is 15.9 Å². The predicted molar refractivity (Wildman–Crippen MR) is 59.1 cm³/mol. The van der Waals surface area contributed by atoms with E-state index >= 15 is 0 Å². The molecule has 6 heteroatoms. The van der Waals surface area contributed by atoms with Crippen LogP contribution in [0.3, 0.4) is 0 Å². The molecule has 2 aromatic rings. The zero-order chi connectivity index (χ0) is 11.7. The van der Waals surface area contributed by atoms with Crippen molar-refractivity contribution in [3.05, 3.63) is 29.7 Å². The van der Waals surface area contributed by atoms with Crippen LogP contribution in [0.5, 0.6) is 0 Å². The Morgan fingerprint density at radius 2 is 2.19 bits per heavy atom. The number of rotatable bonds is 3. The molecule has 0 aliphatic heterocycles. The SMILES string of the molecule is O=C(CBr)c1ccc2nc(C(=O)O)oc2c1. The fourth-order valence-electron chi connectivity index (χ4n) is 1.27. The van der Waals surface area contributed by atoms with Gasteiger partial charge < -0.3 is 9.52 Å². The number of carboxylic acids is 1. The number of oxazole rings is 1. The molecule has 0 saturated heterocycles. The summed E-state index contributed by atoms with van der Waals surface area (Å²) in [5, 5.41) is 8.89. The van der Waals surface area contributed by atoms with E-state index in [-0.39, 0.29) is 17.0 Å². The molecule has 2 rings (SSSR count). The van der Waals surface area contributed by atoms with Crippen molar-refractivity contribution < 1.29 is 19.1 Å². The van der Waals surface area contributed by atoms with Crippen molar-refractivity contribution in [1.29, 1.82) is 0 Å². The van der Waals surface area contributed by atoms with E-state index in [9.17, 15) is 9.59 Å². The number of alkyl halides is 1. The molecular weight excluding hydrogens is 278 g/mol. The number of halogens is 1. The number of Topliss-reactive ketones (excluding diaryl/α,β-unsaturated/α-hetero) is 1. The minimum atomic E-state index is -1.23. The van der Waals surface area contributed by atoms with Gasteiger partial charge in [-0.2, -0.15) is 0 Å². The largest absolute Gasteiger partial charge is 0.474 e. The summed E-state index contributed by atoms with van der Waals surface area (Å²) in [5.41, 5.74) is 1.17. The normalized spacial score (nSPS) is 10.6. The summed E-state index contributed by atoms with van der Waals surface area (Å²) in [5.74, 6) is -1.71. The molecule has 1 aromatic carbocycles. The van der Waals surface area contributed by atoms with Gasteiger partial charge in [-0.25, -0.2) is 9.78 Å². The molecule has 1 N–H and O–H groups in total. The van der Waals surface area contributed by atoms with E-state index in [2.05, 4.69) is 20.9 Å². The Kier molecular flexibility index (Phi) is 2.74. The maximum atomic E-state index is 11.4. The molecule has 0 radical (unpaired) electrons. The molecule has 1 aromatic heterocycles. The number of fused-ring (bicyclic) bond motifs is 1. The van der Waals surface area contributed by atoms with Crippen LogP contribution in [0.25, 0.3) is 11.1 Å². The molecule has 0 spiro atoms. The minimum absolute atomic E-state index is 0.102. The Morgan fingerprint density at radius 3 is 2.81 bits per heavy atom. The Morgan fingerprint density at radius 1 is 1.44 bits per heavy atom. The highest BCUT2D eigenvalue weighted by Crippen LogP contribution is 2.18. The van der Waals surface area contributed by atoms with Crippen LogP contribution in [-0.2, 0) is 0 Å². The zero-order valence-electron chi connectivity index (χ0n) is 7.94. The fourth-order valence-corrected chi connectivity index (χ4v) is 1.59. The van der Waals surface area contributed by atoms with Crippen LogP contribution in [0.15, 0.2) is 22.6 Å². The number of hydrogen-bond donors (Lipinski definition) is 1. The molecular formula is C10H6BrNO4. The van der Waals surface area contributed by atoms with Gasteiger partial charge in [0.25, 0.3) is 0 Å². The van der Waals surface area contributed by atoms with Gasteiger partial charge in [-0.15, -0.1) is 0 Å². The number of benzene rings is 1. The Balaban J connectivity index is 2.53.